The highest BCUT2D eigenvalue weighted by molar-refractivity contribution is 5.73. The Hall–Kier alpha value is -2.29. The Morgan fingerprint density at radius 2 is 1.86 bits per heavy atom. The molecule has 1 aliphatic rings. The van der Waals surface area contributed by atoms with Crippen LogP contribution < -0.4 is 9.47 Å². The average Bonchev–Trinajstić information content (AvgIpc) is 3.35. The molecule has 0 bridgehead atoms. The summed E-state index contributed by atoms with van der Waals surface area (Å²) in [5.74, 6) is 1.38. The Balaban J connectivity index is 1.78. The van der Waals surface area contributed by atoms with E-state index < -0.39 is 0 Å². The van der Waals surface area contributed by atoms with Crippen LogP contribution in [0.3, 0.4) is 0 Å². The van der Waals surface area contributed by atoms with Crippen molar-refractivity contribution in [3.63, 3.8) is 0 Å². The van der Waals surface area contributed by atoms with Gasteiger partial charge in [-0.1, -0.05) is 36.4 Å². The second-order valence-electron chi connectivity index (χ2n) is 5.41. The number of benzene rings is 2. The fraction of sp³-hybridized carbons (Fsp3) is 0.278. The van der Waals surface area contributed by atoms with Gasteiger partial charge in [-0.25, -0.2) is 0 Å². The lowest BCUT2D eigenvalue weighted by Crippen LogP contribution is -2.08. The van der Waals surface area contributed by atoms with E-state index in [1.807, 2.05) is 48.5 Å². The van der Waals surface area contributed by atoms with Crippen LogP contribution in [0, 0.1) is 0 Å². The number of aldehydes is 1. The molecule has 0 saturated heterocycles. The molecule has 0 atom stereocenters. The van der Waals surface area contributed by atoms with Crippen molar-refractivity contribution in [1.82, 2.24) is 0 Å². The molecule has 2 aromatic rings. The molecular weight excluding hydrogens is 264 g/mol. The van der Waals surface area contributed by atoms with Crippen molar-refractivity contribution in [1.29, 1.82) is 0 Å². The summed E-state index contributed by atoms with van der Waals surface area (Å²) in [4.78, 5) is 11.2. The van der Waals surface area contributed by atoms with Crippen molar-refractivity contribution >= 4 is 6.29 Å². The normalized spacial score (nSPS) is 15.3. The fourth-order valence-corrected chi connectivity index (χ4v) is 2.44. The maximum Gasteiger partial charge on any atom is 0.161 e. The third kappa shape index (κ3) is 2.77. The molecule has 21 heavy (non-hydrogen) atoms. The molecule has 108 valence electrons. The topological polar surface area (TPSA) is 35.5 Å². The summed E-state index contributed by atoms with van der Waals surface area (Å²) < 4.78 is 11.2. The summed E-state index contributed by atoms with van der Waals surface area (Å²) >= 11 is 0. The maximum absolute atomic E-state index is 11.2. The molecule has 0 N–H and O–H groups in total. The SMILES string of the molecule is COc1cc(C2(C=O)CC2)ccc1OCc1ccccc1. The van der Waals surface area contributed by atoms with Crippen molar-refractivity contribution in [3.8, 4) is 11.5 Å². The first-order chi connectivity index (χ1) is 10.3. The molecule has 1 saturated carbocycles. The van der Waals surface area contributed by atoms with Crippen molar-refractivity contribution in [3.05, 3.63) is 59.7 Å². The highest BCUT2D eigenvalue weighted by Crippen LogP contribution is 2.48. The quantitative estimate of drug-likeness (QED) is 0.761. The minimum absolute atomic E-state index is 0.286. The predicted octanol–water partition coefficient (Wildman–Crippen LogP) is 3.50. The van der Waals surface area contributed by atoms with E-state index in [9.17, 15) is 4.79 Å². The summed E-state index contributed by atoms with van der Waals surface area (Å²) in [6, 6.07) is 15.8. The van der Waals surface area contributed by atoms with Gasteiger partial charge in [0.05, 0.1) is 12.5 Å². The smallest absolute Gasteiger partial charge is 0.161 e. The van der Waals surface area contributed by atoms with E-state index in [-0.39, 0.29) is 5.41 Å². The predicted molar refractivity (Wildman–Crippen MR) is 80.7 cm³/mol. The molecule has 0 aliphatic heterocycles. The summed E-state index contributed by atoms with van der Waals surface area (Å²) in [6.07, 6.45) is 2.89. The van der Waals surface area contributed by atoms with E-state index in [4.69, 9.17) is 9.47 Å². The van der Waals surface area contributed by atoms with E-state index in [2.05, 4.69) is 0 Å². The first kappa shape index (κ1) is 13.7. The van der Waals surface area contributed by atoms with E-state index >= 15 is 0 Å². The Morgan fingerprint density at radius 1 is 1.10 bits per heavy atom. The summed E-state index contributed by atoms with van der Waals surface area (Å²) in [5.41, 5.74) is 1.84. The zero-order valence-corrected chi connectivity index (χ0v) is 12.0. The van der Waals surface area contributed by atoms with Crippen molar-refractivity contribution < 1.29 is 14.3 Å². The number of ether oxygens (including phenoxy) is 2. The van der Waals surface area contributed by atoms with E-state index in [1.54, 1.807) is 7.11 Å². The first-order valence-electron chi connectivity index (χ1n) is 7.09. The molecule has 0 spiro atoms. The third-order valence-electron chi connectivity index (χ3n) is 3.99. The highest BCUT2D eigenvalue weighted by atomic mass is 16.5. The van der Waals surface area contributed by atoms with Gasteiger partial charge < -0.3 is 14.3 Å². The van der Waals surface area contributed by atoms with Gasteiger partial charge in [0.1, 0.15) is 12.9 Å². The number of hydrogen-bond acceptors (Lipinski definition) is 3. The lowest BCUT2D eigenvalue weighted by molar-refractivity contribution is -0.109. The van der Waals surface area contributed by atoms with Gasteiger partial charge in [0, 0.05) is 0 Å². The molecule has 0 amide bonds. The van der Waals surface area contributed by atoms with Crippen LogP contribution in [-0.4, -0.2) is 13.4 Å². The molecule has 3 nitrogen and oxygen atoms in total. The van der Waals surface area contributed by atoms with Gasteiger partial charge in [0.2, 0.25) is 0 Å². The van der Waals surface area contributed by atoms with Crippen LogP contribution in [0.4, 0.5) is 0 Å². The molecule has 1 aliphatic carbocycles. The first-order valence-corrected chi connectivity index (χ1v) is 7.09. The standard InChI is InChI=1S/C18H18O3/c1-20-17-11-15(18(13-19)9-10-18)7-8-16(17)21-12-14-5-3-2-4-6-14/h2-8,11,13H,9-10,12H2,1H3. The second-order valence-corrected chi connectivity index (χ2v) is 5.41. The summed E-state index contributed by atoms with van der Waals surface area (Å²) in [7, 11) is 1.62. The van der Waals surface area contributed by atoms with Gasteiger partial charge >= 0.3 is 0 Å². The van der Waals surface area contributed by atoms with Crippen LogP contribution >= 0.6 is 0 Å². The average molecular weight is 282 g/mol. The number of hydrogen-bond donors (Lipinski definition) is 0. The van der Waals surface area contributed by atoms with E-state index in [0.717, 1.165) is 30.3 Å². The van der Waals surface area contributed by atoms with Crippen LogP contribution in [-0.2, 0) is 16.8 Å². The van der Waals surface area contributed by atoms with Crippen LogP contribution in [0.1, 0.15) is 24.0 Å². The fourth-order valence-electron chi connectivity index (χ4n) is 2.44. The van der Waals surface area contributed by atoms with Crippen molar-refractivity contribution in [2.75, 3.05) is 7.11 Å². The van der Waals surface area contributed by atoms with Gasteiger partial charge in [-0.05, 0) is 36.1 Å². The minimum atomic E-state index is -0.286. The lowest BCUT2D eigenvalue weighted by Gasteiger charge is -2.14. The van der Waals surface area contributed by atoms with Gasteiger partial charge in [-0.15, -0.1) is 0 Å². The molecule has 0 unspecified atom stereocenters. The third-order valence-corrected chi connectivity index (χ3v) is 3.99. The van der Waals surface area contributed by atoms with Gasteiger partial charge in [-0.2, -0.15) is 0 Å². The maximum atomic E-state index is 11.2. The molecule has 0 aromatic heterocycles. The Morgan fingerprint density at radius 3 is 2.48 bits per heavy atom. The monoisotopic (exact) mass is 282 g/mol. The molecule has 3 rings (SSSR count). The van der Waals surface area contributed by atoms with Crippen LogP contribution in [0.5, 0.6) is 11.5 Å². The molecular formula is C18H18O3. The van der Waals surface area contributed by atoms with Crippen LogP contribution in [0.15, 0.2) is 48.5 Å². The number of carbonyl (C=O) groups is 1. The van der Waals surface area contributed by atoms with Gasteiger partial charge in [-0.3, -0.25) is 0 Å². The summed E-state index contributed by atoms with van der Waals surface area (Å²) in [6.45, 7) is 0.495. The number of carbonyl (C=O) groups excluding carboxylic acids is 1. The zero-order chi connectivity index (χ0) is 14.7. The van der Waals surface area contributed by atoms with Gasteiger partial charge in [0.15, 0.2) is 11.5 Å². The molecule has 2 aromatic carbocycles. The Labute approximate surface area is 124 Å². The van der Waals surface area contributed by atoms with Crippen LogP contribution in [0.25, 0.3) is 0 Å². The Kier molecular flexibility index (Phi) is 3.65. The molecule has 0 heterocycles. The minimum Gasteiger partial charge on any atom is -0.493 e. The molecule has 3 heteroatoms. The van der Waals surface area contributed by atoms with E-state index in [0.29, 0.717) is 18.1 Å². The highest BCUT2D eigenvalue weighted by Gasteiger charge is 2.44. The van der Waals surface area contributed by atoms with Crippen LogP contribution in [0.2, 0.25) is 0 Å². The summed E-state index contributed by atoms with van der Waals surface area (Å²) in [5, 5.41) is 0. The number of rotatable bonds is 6. The van der Waals surface area contributed by atoms with E-state index in [1.165, 1.54) is 0 Å². The Bertz CT molecular complexity index is 630. The molecule has 1 fully saturated rings. The number of methoxy groups -OCH3 is 1. The molecule has 0 radical (unpaired) electrons. The van der Waals surface area contributed by atoms with Crippen molar-refractivity contribution in [2.45, 2.75) is 24.9 Å². The second kappa shape index (κ2) is 5.60. The van der Waals surface area contributed by atoms with Crippen molar-refractivity contribution in [2.24, 2.45) is 0 Å². The zero-order valence-electron chi connectivity index (χ0n) is 12.0. The van der Waals surface area contributed by atoms with Gasteiger partial charge in [0.25, 0.3) is 0 Å². The largest absolute Gasteiger partial charge is 0.493 e. The lowest BCUT2D eigenvalue weighted by atomic mass is 9.97.